The van der Waals surface area contributed by atoms with Crippen molar-refractivity contribution >= 4 is 23.2 Å². The molecule has 0 bridgehead atoms. The average Bonchev–Trinajstić information content (AvgIpc) is 3.17. The van der Waals surface area contributed by atoms with E-state index in [9.17, 15) is 9.59 Å². The molecule has 1 atom stereocenters. The summed E-state index contributed by atoms with van der Waals surface area (Å²) in [5.74, 6) is 1.36. The van der Waals surface area contributed by atoms with Crippen molar-refractivity contribution in [3.63, 3.8) is 0 Å². The average molecular weight is 431 g/mol. The smallest absolute Gasteiger partial charge is 0.263 e. The summed E-state index contributed by atoms with van der Waals surface area (Å²) >= 11 is 1.72. The van der Waals surface area contributed by atoms with E-state index in [1.807, 2.05) is 4.90 Å². The molecule has 0 aromatic carbocycles. The SMILES string of the molecule is CC(C)(C)C1CCc2sc(C(=O)N3CCC(NC(=O)C4CCCCC4)CC3)cc2C1. The van der Waals surface area contributed by atoms with E-state index in [1.165, 1.54) is 36.1 Å². The van der Waals surface area contributed by atoms with Gasteiger partial charge in [0.05, 0.1) is 4.88 Å². The molecule has 2 amide bonds. The molecule has 2 heterocycles. The third-order valence-corrected chi connectivity index (χ3v) is 8.85. The molecule has 1 N–H and O–H groups in total. The standard InChI is InChI=1S/C25H38N2O2S/c1-25(2,3)19-9-10-21-18(15-19)16-22(30-21)24(29)27-13-11-20(12-14-27)26-23(28)17-7-5-4-6-8-17/h16-17,19-20H,4-15H2,1-3H3,(H,26,28). The van der Waals surface area contributed by atoms with Crippen molar-refractivity contribution in [1.29, 1.82) is 0 Å². The molecule has 1 saturated heterocycles. The molecule has 1 saturated carbocycles. The fourth-order valence-electron chi connectivity index (χ4n) is 5.43. The summed E-state index contributed by atoms with van der Waals surface area (Å²) in [6.45, 7) is 8.50. The Bertz CT molecular complexity index is 765. The maximum Gasteiger partial charge on any atom is 0.263 e. The molecule has 5 heteroatoms. The molecule has 2 aliphatic carbocycles. The van der Waals surface area contributed by atoms with Crippen LogP contribution in [0, 0.1) is 17.3 Å². The summed E-state index contributed by atoms with van der Waals surface area (Å²) < 4.78 is 0. The summed E-state index contributed by atoms with van der Waals surface area (Å²) in [7, 11) is 0. The molecule has 4 nitrogen and oxygen atoms in total. The topological polar surface area (TPSA) is 49.4 Å². The van der Waals surface area contributed by atoms with Gasteiger partial charge in [-0.15, -0.1) is 11.3 Å². The van der Waals surface area contributed by atoms with Crippen LogP contribution in [0.25, 0.3) is 0 Å². The number of amides is 2. The minimum Gasteiger partial charge on any atom is -0.353 e. The number of nitrogens with zero attached hydrogens (tertiary/aromatic N) is 1. The van der Waals surface area contributed by atoms with Gasteiger partial charge < -0.3 is 10.2 Å². The number of rotatable bonds is 3. The first-order chi connectivity index (χ1) is 14.3. The van der Waals surface area contributed by atoms with Crippen LogP contribution in [-0.4, -0.2) is 35.8 Å². The van der Waals surface area contributed by atoms with Crippen molar-refractivity contribution in [2.75, 3.05) is 13.1 Å². The first-order valence-corrected chi connectivity index (χ1v) is 12.8. The zero-order valence-electron chi connectivity index (χ0n) is 19.0. The number of aryl methyl sites for hydroxylation is 1. The molecule has 0 spiro atoms. The Morgan fingerprint density at radius 2 is 1.73 bits per heavy atom. The summed E-state index contributed by atoms with van der Waals surface area (Å²) in [6, 6.07) is 2.41. The Hall–Kier alpha value is -1.36. The summed E-state index contributed by atoms with van der Waals surface area (Å²) in [5, 5.41) is 3.27. The Morgan fingerprint density at radius 1 is 1.03 bits per heavy atom. The summed E-state index contributed by atoms with van der Waals surface area (Å²) in [5.41, 5.74) is 1.73. The number of carbonyl (C=O) groups excluding carboxylic acids is 2. The quantitative estimate of drug-likeness (QED) is 0.716. The Morgan fingerprint density at radius 3 is 2.40 bits per heavy atom. The molecule has 166 valence electrons. The first-order valence-electron chi connectivity index (χ1n) is 12.0. The van der Waals surface area contributed by atoms with Crippen LogP contribution in [0.3, 0.4) is 0 Å². The van der Waals surface area contributed by atoms with Gasteiger partial charge in [0.25, 0.3) is 5.91 Å². The van der Waals surface area contributed by atoms with Crippen LogP contribution < -0.4 is 5.32 Å². The number of nitrogens with one attached hydrogen (secondary N) is 1. The van der Waals surface area contributed by atoms with Gasteiger partial charge in [-0.3, -0.25) is 9.59 Å². The lowest BCUT2D eigenvalue weighted by atomic mass is 9.72. The number of fused-ring (bicyclic) bond motifs is 1. The van der Waals surface area contributed by atoms with Crippen LogP contribution in [0.5, 0.6) is 0 Å². The second-order valence-corrected chi connectivity index (χ2v) is 11.9. The van der Waals surface area contributed by atoms with Crippen LogP contribution >= 0.6 is 11.3 Å². The fraction of sp³-hybridized carbons (Fsp3) is 0.760. The molecule has 0 radical (unpaired) electrons. The molecule has 1 aromatic rings. The normalized spacial score (nSPS) is 23.8. The van der Waals surface area contributed by atoms with Crippen molar-refractivity contribution in [2.24, 2.45) is 17.3 Å². The zero-order chi connectivity index (χ0) is 21.3. The highest BCUT2D eigenvalue weighted by atomic mass is 32.1. The van der Waals surface area contributed by atoms with E-state index in [1.54, 1.807) is 11.3 Å². The zero-order valence-corrected chi connectivity index (χ0v) is 19.8. The highest BCUT2D eigenvalue weighted by Crippen LogP contribution is 2.40. The van der Waals surface area contributed by atoms with Gasteiger partial charge in [0.15, 0.2) is 0 Å². The first kappa shape index (κ1) is 21.9. The van der Waals surface area contributed by atoms with Crippen LogP contribution in [0.2, 0.25) is 0 Å². The van der Waals surface area contributed by atoms with Crippen molar-refractivity contribution < 1.29 is 9.59 Å². The van der Waals surface area contributed by atoms with E-state index in [-0.39, 0.29) is 23.8 Å². The maximum atomic E-state index is 13.1. The van der Waals surface area contributed by atoms with Gasteiger partial charge in [0, 0.05) is 29.9 Å². The van der Waals surface area contributed by atoms with Crippen molar-refractivity contribution in [3.05, 3.63) is 21.4 Å². The van der Waals surface area contributed by atoms with E-state index >= 15 is 0 Å². The predicted octanol–water partition coefficient (Wildman–Crippen LogP) is 5.20. The van der Waals surface area contributed by atoms with Gasteiger partial charge in [-0.2, -0.15) is 0 Å². The minimum atomic E-state index is 0.193. The van der Waals surface area contributed by atoms with Gasteiger partial charge in [0.2, 0.25) is 5.91 Å². The molecular formula is C25H38N2O2S. The molecule has 1 aliphatic heterocycles. The van der Waals surface area contributed by atoms with Crippen LogP contribution in [0.15, 0.2) is 6.07 Å². The van der Waals surface area contributed by atoms with E-state index in [2.05, 4.69) is 32.2 Å². The number of hydrogen-bond acceptors (Lipinski definition) is 3. The number of piperidine rings is 1. The van der Waals surface area contributed by atoms with Crippen LogP contribution in [-0.2, 0) is 17.6 Å². The Labute approximate surface area is 185 Å². The summed E-state index contributed by atoms with van der Waals surface area (Å²) in [4.78, 5) is 30.0. The van der Waals surface area contributed by atoms with E-state index < -0.39 is 0 Å². The second-order valence-electron chi connectivity index (χ2n) is 10.8. The monoisotopic (exact) mass is 430 g/mol. The van der Waals surface area contributed by atoms with Gasteiger partial charge >= 0.3 is 0 Å². The fourth-order valence-corrected chi connectivity index (χ4v) is 6.61. The molecule has 30 heavy (non-hydrogen) atoms. The number of likely N-dealkylation sites (tertiary alicyclic amines) is 1. The summed E-state index contributed by atoms with van der Waals surface area (Å²) in [6.07, 6.45) is 10.9. The minimum absolute atomic E-state index is 0.193. The molecular weight excluding hydrogens is 392 g/mol. The predicted molar refractivity (Wildman–Crippen MR) is 123 cm³/mol. The van der Waals surface area contributed by atoms with E-state index in [4.69, 9.17) is 0 Å². The van der Waals surface area contributed by atoms with Gasteiger partial charge in [0.1, 0.15) is 0 Å². The van der Waals surface area contributed by atoms with Crippen molar-refractivity contribution in [1.82, 2.24) is 10.2 Å². The van der Waals surface area contributed by atoms with Crippen LogP contribution in [0.1, 0.15) is 92.3 Å². The van der Waals surface area contributed by atoms with Gasteiger partial charge in [-0.05, 0) is 67.9 Å². The number of thiophene rings is 1. The number of hydrogen-bond donors (Lipinski definition) is 1. The largest absolute Gasteiger partial charge is 0.353 e. The lowest BCUT2D eigenvalue weighted by Gasteiger charge is -2.33. The lowest BCUT2D eigenvalue weighted by Crippen LogP contribution is -2.48. The maximum absolute atomic E-state index is 13.1. The number of carbonyl (C=O) groups is 2. The van der Waals surface area contributed by atoms with Crippen molar-refractivity contribution in [2.45, 2.75) is 91.0 Å². The Kier molecular flexibility index (Phi) is 6.57. The highest BCUT2D eigenvalue weighted by Gasteiger charge is 2.32. The third-order valence-electron chi connectivity index (χ3n) is 7.62. The molecule has 2 fully saturated rings. The second kappa shape index (κ2) is 9.02. The molecule has 1 aromatic heterocycles. The van der Waals surface area contributed by atoms with E-state index in [0.29, 0.717) is 11.3 Å². The van der Waals surface area contributed by atoms with Gasteiger partial charge in [-0.25, -0.2) is 0 Å². The highest BCUT2D eigenvalue weighted by molar-refractivity contribution is 7.14. The molecule has 3 aliphatic rings. The van der Waals surface area contributed by atoms with Crippen LogP contribution in [0.4, 0.5) is 0 Å². The van der Waals surface area contributed by atoms with Gasteiger partial charge in [-0.1, -0.05) is 40.0 Å². The molecule has 4 rings (SSSR count). The Balaban J connectivity index is 1.30. The van der Waals surface area contributed by atoms with E-state index in [0.717, 1.165) is 56.5 Å². The molecule has 1 unspecified atom stereocenters. The van der Waals surface area contributed by atoms with Crippen molar-refractivity contribution in [3.8, 4) is 0 Å². The third kappa shape index (κ3) is 4.92. The lowest BCUT2D eigenvalue weighted by molar-refractivity contribution is -0.126.